The minimum absolute atomic E-state index is 0.211. The summed E-state index contributed by atoms with van der Waals surface area (Å²) in [6, 6.07) is 0. The molecule has 0 aromatic heterocycles. The number of hydrogen-bond acceptors (Lipinski definition) is 1. The van der Waals surface area contributed by atoms with Crippen LogP contribution in [-0.2, 0) is 4.79 Å². The molecule has 0 saturated heterocycles. The van der Waals surface area contributed by atoms with Crippen LogP contribution < -0.4 is 0 Å². The molecule has 0 heterocycles. The fourth-order valence-electron chi connectivity index (χ4n) is 1.64. The molecule has 0 aliphatic carbocycles. The van der Waals surface area contributed by atoms with E-state index in [1.165, 1.54) is 38.5 Å². The number of unbranched alkanes of at least 4 members (excludes halogenated alkanes) is 4. The largest absolute Gasteiger partial charge is 0.286 e. The maximum Gasteiger partial charge on any atom is 0.200 e. The zero-order valence-corrected chi connectivity index (χ0v) is 11.1. The van der Waals surface area contributed by atoms with Crippen LogP contribution in [0, 0.1) is 5.92 Å². The number of rotatable bonds is 9. The first-order valence-corrected chi connectivity index (χ1v) is 6.71. The maximum atomic E-state index is 11.2. The summed E-state index contributed by atoms with van der Waals surface area (Å²) in [6.45, 7) is 4.39. The number of carbonyl (C=O) groups excluding carboxylic acids is 1. The van der Waals surface area contributed by atoms with Gasteiger partial charge in [-0.1, -0.05) is 52.4 Å². The van der Waals surface area contributed by atoms with Crippen LogP contribution in [0.25, 0.3) is 0 Å². The third-order valence-electron chi connectivity index (χ3n) is 2.63. The second kappa shape index (κ2) is 9.70. The Morgan fingerprint density at radius 1 is 1.00 bits per heavy atom. The third-order valence-corrected chi connectivity index (χ3v) is 3.28. The van der Waals surface area contributed by atoms with Gasteiger partial charge in [0.25, 0.3) is 0 Å². The van der Waals surface area contributed by atoms with Gasteiger partial charge in [-0.15, -0.1) is 0 Å². The Bertz CT molecular complexity index is 145. The van der Waals surface area contributed by atoms with E-state index in [-0.39, 0.29) is 10.6 Å². The summed E-state index contributed by atoms with van der Waals surface area (Å²) >= 11 is 3.10. The van der Waals surface area contributed by atoms with Gasteiger partial charge >= 0.3 is 0 Å². The lowest BCUT2D eigenvalue weighted by atomic mass is 9.97. The van der Waals surface area contributed by atoms with Crippen molar-refractivity contribution >= 4 is 20.6 Å². The van der Waals surface area contributed by atoms with Gasteiger partial charge in [-0.2, -0.15) is 0 Å². The van der Waals surface area contributed by atoms with Crippen LogP contribution in [0.15, 0.2) is 0 Å². The topological polar surface area (TPSA) is 17.1 Å². The van der Waals surface area contributed by atoms with Crippen LogP contribution in [0.4, 0.5) is 0 Å². The quantitative estimate of drug-likeness (QED) is 0.436. The SMILES string of the molecule is CCCCCCC(CCCC)C(=O)Br. The predicted octanol–water partition coefficient (Wildman–Crippen LogP) is 4.68. The molecule has 0 spiro atoms. The van der Waals surface area contributed by atoms with Crippen molar-refractivity contribution < 1.29 is 4.79 Å². The van der Waals surface area contributed by atoms with Crippen LogP contribution in [0.5, 0.6) is 0 Å². The summed E-state index contributed by atoms with van der Waals surface area (Å²) in [5.41, 5.74) is 0. The average Bonchev–Trinajstić information content (AvgIpc) is 2.16. The molecule has 1 unspecified atom stereocenters. The highest BCUT2D eigenvalue weighted by Crippen LogP contribution is 2.20. The fraction of sp³-hybridized carbons (Fsp3) is 0.917. The van der Waals surface area contributed by atoms with Crippen molar-refractivity contribution in [2.45, 2.75) is 65.2 Å². The first-order chi connectivity index (χ1) is 6.72. The summed E-state index contributed by atoms with van der Waals surface area (Å²) < 4.78 is 0.211. The van der Waals surface area contributed by atoms with Gasteiger partial charge in [-0.3, -0.25) is 4.79 Å². The van der Waals surface area contributed by atoms with Gasteiger partial charge in [-0.05, 0) is 28.8 Å². The Morgan fingerprint density at radius 3 is 2.07 bits per heavy atom. The standard InChI is InChI=1S/C12H23BrO/c1-3-5-7-8-10-11(12(13)14)9-6-4-2/h11H,3-10H2,1-2H3. The van der Waals surface area contributed by atoms with E-state index in [1.807, 2.05) is 0 Å². The molecule has 0 N–H and O–H groups in total. The molecule has 0 amide bonds. The molecule has 14 heavy (non-hydrogen) atoms. The molecule has 0 fully saturated rings. The second-order valence-corrected chi connectivity index (χ2v) is 4.77. The van der Waals surface area contributed by atoms with Gasteiger partial charge in [0.15, 0.2) is 0 Å². The van der Waals surface area contributed by atoms with Crippen LogP contribution in [0.2, 0.25) is 0 Å². The highest BCUT2D eigenvalue weighted by atomic mass is 79.9. The van der Waals surface area contributed by atoms with Crippen molar-refractivity contribution in [2.75, 3.05) is 0 Å². The van der Waals surface area contributed by atoms with E-state index in [0.717, 1.165) is 12.8 Å². The maximum absolute atomic E-state index is 11.2. The van der Waals surface area contributed by atoms with Gasteiger partial charge in [-0.25, -0.2) is 0 Å². The predicted molar refractivity (Wildman–Crippen MR) is 65.7 cm³/mol. The molecular formula is C12H23BrO. The molecule has 0 aliphatic rings. The lowest BCUT2D eigenvalue weighted by Gasteiger charge is -2.11. The monoisotopic (exact) mass is 262 g/mol. The fourth-order valence-corrected chi connectivity index (χ4v) is 2.10. The first kappa shape index (κ1) is 14.2. The van der Waals surface area contributed by atoms with E-state index in [2.05, 4.69) is 29.8 Å². The molecule has 2 heteroatoms. The number of halogens is 1. The number of hydrogen-bond donors (Lipinski definition) is 0. The second-order valence-electron chi connectivity index (χ2n) is 3.99. The summed E-state index contributed by atoms with van der Waals surface area (Å²) in [4.78, 5) is 11.2. The molecule has 1 atom stereocenters. The molecule has 0 aliphatic heterocycles. The zero-order chi connectivity index (χ0) is 10.8. The van der Waals surface area contributed by atoms with Crippen LogP contribution in [0.3, 0.4) is 0 Å². The lowest BCUT2D eigenvalue weighted by Crippen LogP contribution is -2.08. The van der Waals surface area contributed by atoms with Crippen molar-refractivity contribution in [1.82, 2.24) is 0 Å². The molecule has 0 aromatic carbocycles. The van der Waals surface area contributed by atoms with Gasteiger partial charge in [0.05, 0.1) is 0 Å². The first-order valence-electron chi connectivity index (χ1n) is 5.91. The Morgan fingerprint density at radius 2 is 1.57 bits per heavy atom. The van der Waals surface area contributed by atoms with Crippen LogP contribution >= 0.6 is 15.9 Å². The highest BCUT2D eigenvalue weighted by Gasteiger charge is 2.14. The highest BCUT2D eigenvalue weighted by molar-refractivity contribution is 9.18. The summed E-state index contributed by atoms with van der Waals surface area (Å²) in [5, 5.41) is 0. The molecule has 0 aromatic rings. The molecule has 0 bridgehead atoms. The summed E-state index contributed by atoms with van der Waals surface area (Å²) in [7, 11) is 0. The molecule has 0 rings (SSSR count). The normalized spacial score (nSPS) is 12.8. The Balaban J connectivity index is 3.57. The van der Waals surface area contributed by atoms with Gasteiger partial charge in [0.1, 0.15) is 0 Å². The van der Waals surface area contributed by atoms with E-state index < -0.39 is 0 Å². The summed E-state index contributed by atoms with van der Waals surface area (Å²) in [6.07, 6.45) is 9.55. The molecule has 84 valence electrons. The Kier molecular flexibility index (Phi) is 9.80. The van der Waals surface area contributed by atoms with Gasteiger partial charge in [0, 0.05) is 5.92 Å². The van der Waals surface area contributed by atoms with Crippen LogP contribution in [0.1, 0.15) is 65.2 Å². The van der Waals surface area contributed by atoms with Crippen LogP contribution in [-0.4, -0.2) is 4.69 Å². The Hall–Kier alpha value is 0.150. The molecule has 1 nitrogen and oxygen atoms in total. The van der Waals surface area contributed by atoms with E-state index >= 15 is 0 Å². The van der Waals surface area contributed by atoms with Crippen molar-refractivity contribution in [3.05, 3.63) is 0 Å². The van der Waals surface area contributed by atoms with E-state index in [9.17, 15) is 4.79 Å². The average molecular weight is 263 g/mol. The van der Waals surface area contributed by atoms with Crippen molar-refractivity contribution in [3.63, 3.8) is 0 Å². The zero-order valence-electron chi connectivity index (χ0n) is 9.52. The van der Waals surface area contributed by atoms with E-state index in [1.54, 1.807) is 0 Å². The molecule has 0 saturated carbocycles. The number of carbonyl (C=O) groups is 1. The molecular weight excluding hydrogens is 240 g/mol. The lowest BCUT2D eigenvalue weighted by molar-refractivity contribution is -0.114. The van der Waals surface area contributed by atoms with E-state index in [0.29, 0.717) is 0 Å². The molecule has 0 radical (unpaired) electrons. The third kappa shape index (κ3) is 7.54. The Labute approximate surface area is 96.8 Å². The van der Waals surface area contributed by atoms with E-state index in [4.69, 9.17) is 0 Å². The van der Waals surface area contributed by atoms with Crippen molar-refractivity contribution in [2.24, 2.45) is 5.92 Å². The minimum atomic E-state index is 0.211. The minimum Gasteiger partial charge on any atom is -0.286 e. The summed E-state index contributed by atoms with van der Waals surface area (Å²) in [5.74, 6) is 0.270. The van der Waals surface area contributed by atoms with Crippen molar-refractivity contribution in [3.8, 4) is 0 Å². The van der Waals surface area contributed by atoms with Crippen molar-refractivity contribution in [1.29, 1.82) is 0 Å². The van der Waals surface area contributed by atoms with Gasteiger partial charge in [0.2, 0.25) is 4.69 Å². The van der Waals surface area contributed by atoms with Gasteiger partial charge < -0.3 is 0 Å². The smallest absolute Gasteiger partial charge is 0.200 e.